The molecule has 0 amide bonds. The lowest BCUT2D eigenvalue weighted by Gasteiger charge is -2.26. The molecule has 0 bridgehead atoms. The summed E-state index contributed by atoms with van der Waals surface area (Å²) in [6, 6.07) is 53.2. The number of hydrogen-bond acceptors (Lipinski definition) is 8. The van der Waals surface area contributed by atoms with Crippen LogP contribution in [0, 0.1) is 0 Å². The molecule has 0 aliphatic carbocycles. The van der Waals surface area contributed by atoms with Crippen molar-refractivity contribution in [3.05, 3.63) is 169 Å². The van der Waals surface area contributed by atoms with E-state index in [0.29, 0.717) is 12.8 Å². The van der Waals surface area contributed by atoms with Gasteiger partial charge in [-0.15, -0.1) is 0 Å². The molecule has 0 N–H and O–H groups in total. The van der Waals surface area contributed by atoms with Crippen molar-refractivity contribution >= 4 is 91.2 Å². The number of benzene rings is 7. The molecule has 0 spiro atoms. The summed E-state index contributed by atoms with van der Waals surface area (Å²) in [4.78, 5) is 30.0. The molecule has 0 aliphatic heterocycles. The third-order valence-electron chi connectivity index (χ3n) is 11.2. The lowest BCUT2D eigenvalue weighted by atomic mass is 9.95. The highest BCUT2D eigenvalue weighted by atomic mass is 32.1. The van der Waals surface area contributed by atoms with E-state index < -0.39 is 0 Å². The molecular formula is C52H44N6O2S2. The number of ketones is 2. The average molecular weight is 849 g/mol. The van der Waals surface area contributed by atoms with E-state index in [4.69, 9.17) is 17.5 Å². The highest BCUT2D eigenvalue weighted by Crippen LogP contribution is 2.44. The van der Waals surface area contributed by atoms with Crippen molar-refractivity contribution in [2.45, 2.75) is 52.4 Å². The highest BCUT2D eigenvalue weighted by molar-refractivity contribution is 7.00. The first-order valence-electron chi connectivity index (χ1n) is 21.1. The van der Waals surface area contributed by atoms with Crippen LogP contribution in [0.4, 0.5) is 34.1 Å². The second-order valence-electron chi connectivity index (χ2n) is 15.3. The minimum atomic E-state index is 0.173. The number of rotatable bonds is 16. The lowest BCUT2D eigenvalue weighted by Crippen LogP contribution is -2.10. The smallest absolute Gasteiger partial charge is 0.279 e. The molecule has 0 saturated heterocycles. The maximum atomic E-state index is 12.8. The summed E-state index contributed by atoms with van der Waals surface area (Å²) in [6.07, 6.45) is 4.88. The van der Waals surface area contributed by atoms with Crippen LogP contribution in [0.15, 0.2) is 158 Å². The summed E-state index contributed by atoms with van der Waals surface area (Å²) >= 11 is 2.38. The highest BCUT2D eigenvalue weighted by Gasteiger charge is 2.23. The van der Waals surface area contributed by atoms with Crippen LogP contribution < -0.4 is 14.2 Å². The second-order valence-corrected chi connectivity index (χ2v) is 16.3. The summed E-state index contributed by atoms with van der Waals surface area (Å²) in [5.74, 6) is 0.347. The van der Waals surface area contributed by atoms with Gasteiger partial charge in [0.2, 0.25) is 0 Å². The molecule has 0 radical (unpaired) electrons. The van der Waals surface area contributed by atoms with E-state index in [0.717, 1.165) is 115 Å². The van der Waals surface area contributed by atoms with Crippen molar-refractivity contribution in [3.63, 3.8) is 0 Å². The van der Waals surface area contributed by atoms with Crippen LogP contribution in [0.1, 0.15) is 73.1 Å². The molecule has 0 saturated carbocycles. The number of carbonyl (C=O) groups excluding carboxylic acids is 2. The molecule has 306 valence electrons. The van der Waals surface area contributed by atoms with Gasteiger partial charge in [-0.25, -0.2) is 0 Å². The van der Waals surface area contributed by atoms with Crippen LogP contribution >= 0.6 is 23.5 Å². The number of hydrogen-bond donors (Lipinski definition) is 0. The Hall–Kier alpha value is -6.88. The number of para-hydroxylation sites is 2. The summed E-state index contributed by atoms with van der Waals surface area (Å²) in [5, 5.41) is 0. The molecule has 0 unspecified atom stereocenters. The molecule has 0 aliphatic rings. The van der Waals surface area contributed by atoms with E-state index in [1.54, 1.807) is 0 Å². The molecule has 9 aromatic rings. The van der Waals surface area contributed by atoms with E-state index in [-0.39, 0.29) is 11.6 Å². The van der Waals surface area contributed by atoms with Crippen LogP contribution in [-0.4, -0.2) is 24.7 Å². The Morgan fingerprint density at radius 3 is 1.32 bits per heavy atom. The summed E-state index contributed by atoms with van der Waals surface area (Å²) < 4.78 is 19.5. The molecule has 10 heteroatoms. The Kier molecular flexibility index (Phi) is 12.0. The van der Waals surface area contributed by atoms with Crippen molar-refractivity contribution in [2.75, 3.05) is 9.80 Å². The number of Topliss-reactive ketones (excluding diaryl/α,β-unsaturated/α-hetero) is 2. The molecule has 0 fully saturated rings. The van der Waals surface area contributed by atoms with Gasteiger partial charge in [-0.1, -0.05) is 87.4 Å². The fourth-order valence-electron chi connectivity index (χ4n) is 7.96. The maximum absolute atomic E-state index is 12.8. The van der Waals surface area contributed by atoms with E-state index >= 15 is 0 Å². The molecule has 62 heavy (non-hydrogen) atoms. The standard InChI is InChI=1S/C52H44N6O2S2/c1-3-5-17-45(59)35-19-27-41(28-20-35)57(39-13-9-7-10-14-39)43-31-23-37(24-32-43)47-49-51(55-61-53-49)48(52-50(47)54-62-56-52)38-25-33-44(34-26-38)58(40-15-11-8-12-16-40)42-29-21-36(22-30-42)46(60)18-6-4-2/h7-16,19-34H,3-6,17-18H2,1-2H3. The predicted molar refractivity (Wildman–Crippen MR) is 256 cm³/mol. The number of fused-ring (bicyclic) bond motifs is 2. The Balaban J connectivity index is 1.05. The van der Waals surface area contributed by atoms with E-state index in [9.17, 15) is 9.59 Å². The van der Waals surface area contributed by atoms with Crippen LogP contribution in [0.3, 0.4) is 0 Å². The number of nitrogens with zero attached hydrogens (tertiary/aromatic N) is 6. The van der Waals surface area contributed by atoms with Crippen molar-refractivity contribution in [2.24, 2.45) is 0 Å². The fourth-order valence-corrected chi connectivity index (χ4v) is 9.08. The van der Waals surface area contributed by atoms with Gasteiger partial charge in [0.15, 0.2) is 11.6 Å². The van der Waals surface area contributed by atoms with Gasteiger partial charge in [0, 0.05) is 80.3 Å². The Bertz CT molecular complexity index is 2700. The van der Waals surface area contributed by atoms with E-state index in [1.807, 2.05) is 84.9 Å². The quantitative estimate of drug-likeness (QED) is 0.0701. The molecule has 0 atom stereocenters. The average Bonchev–Trinajstić information content (AvgIpc) is 4.02. The molecule has 2 aromatic heterocycles. The zero-order valence-corrected chi connectivity index (χ0v) is 36.2. The molecule has 2 heterocycles. The van der Waals surface area contributed by atoms with E-state index in [2.05, 4.69) is 96.4 Å². The Labute approximate surface area is 369 Å². The second kappa shape index (κ2) is 18.4. The lowest BCUT2D eigenvalue weighted by molar-refractivity contribution is 0.0972. The minimum Gasteiger partial charge on any atom is -0.311 e. The Morgan fingerprint density at radius 2 is 0.887 bits per heavy atom. The van der Waals surface area contributed by atoms with E-state index in [1.165, 1.54) is 23.5 Å². The van der Waals surface area contributed by atoms with Gasteiger partial charge in [-0.05, 0) is 121 Å². The summed E-state index contributed by atoms with van der Waals surface area (Å²) in [6.45, 7) is 4.20. The van der Waals surface area contributed by atoms with Crippen LogP contribution in [0.25, 0.3) is 44.3 Å². The predicted octanol–water partition coefficient (Wildman–Crippen LogP) is 14.6. The normalized spacial score (nSPS) is 11.3. The number of unbranched alkanes of at least 4 members (excludes halogenated alkanes) is 2. The third kappa shape index (κ3) is 8.14. The topological polar surface area (TPSA) is 93.4 Å². The first-order chi connectivity index (χ1) is 30.5. The van der Waals surface area contributed by atoms with Crippen LogP contribution in [-0.2, 0) is 0 Å². The van der Waals surface area contributed by atoms with Crippen molar-refractivity contribution < 1.29 is 9.59 Å². The summed E-state index contributed by atoms with van der Waals surface area (Å²) in [5.41, 5.74) is 14.2. The van der Waals surface area contributed by atoms with Gasteiger partial charge < -0.3 is 9.80 Å². The molecular weight excluding hydrogens is 805 g/mol. The monoisotopic (exact) mass is 848 g/mol. The minimum absolute atomic E-state index is 0.173. The fraction of sp³-hybridized carbons (Fsp3) is 0.154. The van der Waals surface area contributed by atoms with Gasteiger partial charge in [0.1, 0.15) is 11.0 Å². The maximum Gasteiger partial charge on any atom is 0.279 e. The molecule has 9 rings (SSSR count). The van der Waals surface area contributed by atoms with Gasteiger partial charge in [0.05, 0.1) is 11.7 Å². The first kappa shape index (κ1) is 40.5. The number of anilines is 6. The van der Waals surface area contributed by atoms with Gasteiger partial charge in [-0.2, -0.15) is 17.5 Å². The zero-order chi connectivity index (χ0) is 42.4. The largest absolute Gasteiger partial charge is 0.311 e. The SMILES string of the molecule is CCCCC(=O)c1ccc(N(c2ccccc2)c2ccc(-c3c4nsnc4c(-c4ccc(N(c5ccccc5)c5ccc(C(=O)CCCC)cc5)cc4)c4[n-][s+]nc34)cc2)cc1. The Morgan fingerprint density at radius 1 is 0.500 bits per heavy atom. The number of aromatic nitrogens is 4. The van der Waals surface area contributed by atoms with Crippen LogP contribution in [0.2, 0.25) is 0 Å². The number of carbonyl (C=O) groups is 2. The molecule has 8 nitrogen and oxygen atoms in total. The van der Waals surface area contributed by atoms with Crippen molar-refractivity contribution in [3.8, 4) is 22.3 Å². The summed E-state index contributed by atoms with van der Waals surface area (Å²) in [7, 11) is 0. The molecule has 7 aromatic carbocycles. The van der Waals surface area contributed by atoms with Crippen molar-refractivity contribution in [1.29, 1.82) is 0 Å². The van der Waals surface area contributed by atoms with Gasteiger partial charge in [0.25, 0.3) is 11.7 Å². The van der Waals surface area contributed by atoms with Crippen LogP contribution in [0.5, 0.6) is 0 Å². The van der Waals surface area contributed by atoms with Crippen molar-refractivity contribution in [1.82, 2.24) is 17.5 Å². The van der Waals surface area contributed by atoms with Gasteiger partial charge >= 0.3 is 0 Å². The third-order valence-corrected chi connectivity index (χ3v) is 12.2. The van der Waals surface area contributed by atoms with Gasteiger partial charge in [-0.3, -0.25) is 9.59 Å². The first-order valence-corrected chi connectivity index (χ1v) is 22.6. The zero-order valence-electron chi connectivity index (χ0n) is 34.6.